The van der Waals surface area contributed by atoms with Crippen LogP contribution in [-0.2, 0) is 0 Å². The molecule has 0 aliphatic rings. The van der Waals surface area contributed by atoms with Crippen LogP contribution in [-0.4, -0.2) is 22.1 Å². The lowest BCUT2D eigenvalue weighted by molar-refractivity contribution is 0.0697. The summed E-state index contributed by atoms with van der Waals surface area (Å²) in [5.74, 6) is -2.82. The topological polar surface area (TPSA) is 86.6 Å². The molecule has 0 spiro atoms. The number of hydrogen-bond donors (Lipinski definition) is 3. The van der Waals surface area contributed by atoms with Crippen LogP contribution in [0, 0.1) is 5.82 Å². The van der Waals surface area contributed by atoms with Crippen LogP contribution in [0.1, 0.15) is 20.7 Å². The summed E-state index contributed by atoms with van der Waals surface area (Å²) in [4.78, 5) is 23.2. The number of halogens is 2. The van der Waals surface area contributed by atoms with Gasteiger partial charge < -0.3 is 15.5 Å². The average molecular weight is 354 g/mol. The third-order valence-electron chi connectivity index (χ3n) is 2.68. The highest BCUT2D eigenvalue weighted by atomic mass is 79.9. The highest BCUT2D eigenvalue weighted by Crippen LogP contribution is 2.24. The fourth-order valence-corrected chi connectivity index (χ4v) is 2.13. The van der Waals surface area contributed by atoms with Crippen LogP contribution in [0.4, 0.5) is 10.1 Å². The Labute approximate surface area is 127 Å². The number of phenols is 1. The maximum Gasteiger partial charge on any atom is 0.337 e. The van der Waals surface area contributed by atoms with Gasteiger partial charge in [0.15, 0.2) is 0 Å². The summed E-state index contributed by atoms with van der Waals surface area (Å²) in [6.45, 7) is 0. The maximum absolute atomic E-state index is 13.4. The molecule has 0 saturated carbocycles. The summed E-state index contributed by atoms with van der Waals surface area (Å²) < 4.78 is 13.4. The van der Waals surface area contributed by atoms with Crippen molar-refractivity contribution in [2.75, 3.05) is 5.32 Å². The van der Waals surface area contributed by atoms with Gasteiger partial charge in [0.2, 0.25) is 0 Å². The molecule has 2 rings (SSSR count). The number of hydrogen-bond acceptors (Lipinski definition) is 3. The second-order valence-corrected chi connectivity index (χ2v) is 4.88. The van der Waals surface area contributed by atoms with Crippen molar-refractivity contribution < 1.29 is 24.2 Å². The number of aromatic carboxylic acids is 1. The first-order valence-corrected chi connectivity index (χ1v) is 6.51. The molecular formula is C14H9BrFNO4. The van der Waals surface area contributed by atoms with Crippen molar-refractivity contribution in [1.82, 2.24) is 0 Å². The molecule has 0 radical (unpaired) electrons. The third kappa shape index (κ3) is 3.19. The maximum atomic E-state index is 13.4. The Kier molecular flexibility index (Phi) is 4.23. The van der Waals surface area contributed by atoms with Gasteiger partial charge in [0.25, 0.3) is 5.91 Å². The Morgan fingerprint density at radius 2 is 1.86 bits per heavy atom. The van der Waals surface area contributed by atoms with Crippen LogP contribution in [0.5, 0.6) is 5.75 Å². The van der Waals surface area contributed by atoms with Gasteiger partial charge in [-0.2, -0.15) is 0 Å². The minimum absolute atomic E-state index is 0.00135. The highest BCUT2D eigenvalue weighted by molar-refractivity contribution is 9.10. The number of carboxylic acid groups (broad SMARTS) is 1. The largest absolute Gasteiger partial charge is 0.508 e. The first-order chi connectivity index (χ1) is 9.90. The SMILES string of the molecule is O=C(O)c1cc(O)ccc1NC(=O)c1cccc(F)c1Br. The number of nitrogens with one attached hydrogen (secondary N) is 1. The van der Waals surface area contributed by atoms with Crippen LogP contribution in [0.3, 0.4) is 0 Å². The Morgan fingerprint density at radius 3 is 2.52 bits per heavy atom. The molecule has 0 fully saturated rings. The number of amides is 1. The van der Waals surface area contributed by atoms with Gasteiger partial charge in [-0.3, -0.25) is 4.79 Å². The smallest absolute Gasteiger partial charge is 0.337 e. The van der Waals surface area contributed by atoms with E-state index in [1.165, 1.54) is 30.3 Å². The highest BCUT2D eigenvalue weighted by Gasteiger charge is 2.17. The van der Waals surface area contributed by atoms with E-state index in [-0.39, 0.29) is 27.0 Å². The van der Waals surface area contributed by atoms with E-state index in [1.807, 2.05) is 0 Å². The van der Waals surface area contributed by atoms with E-state index in [4.69, 9.17) is 5.11 Å². The molecule has 0 bridgehead atoms. The normalized spacial score (nSPS) is 10.2. The van der Waals surface area contributed by atoms with Crippen LogP contribution in [0.2, 0.25) is 0 Å². The Morgan fingerprint density at radius 1 is 1.14 bits per heavy atom. The van der Waals surface area contributed by atoms with E-state index in [1.54, 1.807) is 0 Å². The van der Waals surface area contributed by atoms with Crippen molar-refractivity contribution in [2.45, 2.75) is 0 Å². The van der Waals surface area contributed by atoms with Gasteiger partial charge in [-0.15, -0.1) is 0 Å². The Hall–Kier alpha value is -2.41. The second kappa shape index (κ2) is 5.92. The number of carbonyl (C=O) groups excluding carboxylic acids is 1. The van der Waals surface area contributed by atoms with Crippen molar-refractivity contribution in [3.8, 4) is 5.75 Å². The first kappa shape index (κ1) is 15.0. The van der Waals surface area contributed by atoms with E-state index >= 15 is 0 Å². The average Bonchev–Trinajstić information content (AvgIpc) is 2.43. The molecule has 0 aliphatic carbocycles. The fourth-order valence-electron chi connectivity index (χ4n) is 1.69. The summed E-state index contributed by atoms with van der Waals surface area (Å²) in [5, 5.41) is 20.7. The van der Waals surface area contributed by atoms with E-state index in [2.05, 4.69) is 21.2 Å². The lowest BCUT2D eigenvalue weighted by atomic mass is 10.1. The summed E-state index contributed by atoms with van der Waals surface area (Å²) in [6, 6.07) is 7.45. The molecular weight excluding hydrogens is 345 g/mol. The predicted molar refractivity (Wildman–Crippen MR) is 77.1 cm³/mol. The van der Waals surface area contributed by atoms with E-state index < -0.39 is 17.7 Å². The fraction of sp³-hybridized carbons (Fsp3) is 0. The molecule has 2 aromatic rings. The van der Waals surface area contributed by atoms with Crippen LogP contribution in [0.15, 0.2) is 40.9 Å². The minimum atomic E-state index is -1.31. The monoisotopic (exact) mass is 353 g/mol. The Bertz CT molecular complexity index is 733. The van der Waals surface area contributed by atoms with Gasteiger partial charge in [-0.05, 0) is 46.3 Å². The summed E-state index contributed by atoms with van der Waals surface area (Å²) in [7, 11) is 0. The van der Waals surface area contributed by atoms with Crippen molar-refractivity contribution in [3.63, 3.8) is 0 Å². The van der Waals surface area contributed by atoms with E-state index in [0.717, 1.165) is 6.07 Å². The van der Waals surface area contributed by atoms with Crippen molar-refractivity contribution in [1.29, 1.82) is 0 Å². The zero-order valence-corrected chi connectivity index (χ0v) is 12.0. The number of phenolic OH excluding ortho intramolecular Hbond substituents is 1. The molecule has 1 amide bonds. The van der Waals surface area contributed by atoms with Gasteiger partial charge in [0.1, 0.15) is 11.6 Å². The van der Waals surface area contributed by atoms with Gasteiger partial charge in [0.05, 0.1) is 21.3 Å². The Balaban J connectivity index is 2.36. The van der Waals surface area contributed by atoms with E-state index in [9.17, 15) is 19.1 Å². The van der Waals surface area contributed by atoms with E-state index in [0.29, 0.717) is 0 Å². The van der Waals surface area contributed by atoms with Crippen LogP contribution < -0.4 is 5.32 Å². The van der Waals surface area contributed by atoms with Gasteiger partial charge in [-0.25, -0.2) is 9.18 Å². The zero-order chi connectivity index (χ0) is 15.6. The molecule has 0 saturated heterocycles. The number of aromatic hydroxyl groups is 1. The molecule has 0 atom stereocenters. The zero-order valence-electron chi connectivity index (χ0n) is 10.4. The molecule has 0 heterocycles. The molecule has 108 valence electrons. The summed E-state index contributed by atoms with van der Waals surface area (Å²) in [5.41, 5.74) is -0.239. The van der Waals surface area contributed by atoms with Gasteiger partial charge in [-0.1, -0.05) is 6.07 Å². The predicted octanol–water partition coefficient (Wildman–Crippen LogP) is 3.24. The van der Waals surface area contributed by atoms with Crippen molar-refractivity contribution in [2.24, 2.45) is 0 Å². The van der Waals surface area contributed by atoms with Crippen LogP contribution in [0.25, 0.3) is 0 Å². The molecule has 0 aliphatic heterocycles. The third-order valence-corrected chi connectivity index (χ3v) is 3.48. The van der Waals surface area contributed by atoms with Crippen molar-refractivity contribution in [3.05, 3.63) is 57.8 Å². The molecule has 2 aromatic carbocycles. The summed E-state index contributed by atoms with van der Waals surface area (Å²) in [6.07, 6.45) is 0. The minimum Gasteiger partial charge on any atom is -0.508 e. The number of benzene rings is 2. The summed E-state index contributed by atoms with van der Waals surface area (Å²) >= 11 is 2.96. The number of anilines is 1. The molecule has 3 N–H and O–H groups in total. The number of carbonyl (C=O) groups is 2. The van der Waals surface area contributed by atoms with Gasteiger partial charge in [0, 0.05) is 0 Å². The quantitative estimate of drug-likeness (QED) is 0.739. The molecule has 0 unspecified atom stereocenters. The molecule has 7 heteroatoms. The lowest BCUT2D eigenvalue weighted by Crippen LogP contribution is -2.15. The molecule has 0 aromatic heterocycles. The molecule has 21 heavy (non-hydrogen) atoms. The van der Waals surface area contributed by atoms with Crippen molar-refractivity contribution >= 4 is 33.5 Å². The standard InChI is InChI=1S/C14H9BrFNO4/c15-12-8(2-1-3-10(12)16)13(19)17-11-5-4-7(18)6-9(11)14(20)21/h1-6,18H,(H,17,19)(H,20,21). The number of rotatable bonds is 3. The van der Waals surface area contributed by atoms with Gasteiger partial charge >= 0.3 is 5.97 Å². The number of carboxylic acids is 1. The lowest BCUT2D eigenvalue weighted by Gasteiger charge is -2.10. The second-order valence-electron chi connectivity index (χ2n) is 4.09. The molecule has 5 nitrogen and oxygen atoms in total. The first-order valence-electron chi connectivity index (χ1n) is 5.72. The van der Waals surface area contributed by atoms with Crippen LogP contribution >= 0.6 is 15.9 Å².